The van der Waals surface area contributed by atoms with Crippen LogP contribution in [-0.4, -0.2) is 33.8 Å². The minimum Gasteiger partial charge on any atom is -0.480 e. The fourth-order valence-electron chi connectivity index (χ4n) is 1.25. The lowest BCUT2D eigenvalue weighted by atomic mass is 10.3. The summed E-state index contributed by atoms with van der Waals surface area (Å²) in [5, 5.41) is 12.1. The number of carbonyl (C=O) groups excluding carboxylic acids is 1. The highest BCUT2D eigenvalue weighted by Gasteiger charge is 2.18. The van der Waals surface area contributed by atoms with Crippen LogP contribution in [0.1, 0.15) is 12.6 Å². The topological polar surface area (TPSA) is 79.3 Å². The second-order valence-electron chi connectivity index (χ2n) is 3.67. The third-order valence-corrected chi connectivity index (χ3v) is 3.68. The lowest BCUT2D eigenvalue weighted by Crippen LogP contribution is -2.41. The lowest BCUT2D eigenvalue weighted by molar-refractivity contribution is -0.140. The number of pyridine rings is 1. The number of hydrogen-bond acceptors (Lipinski definition) is 4. The van der Waals surface area contributed by atoms with Gasteiger partial charge in [0.2, 0.25) is 5.91 Å². The fraction of sp³-hybridized carbons (Fsp3) is 0.364. The second-order valence-corrected chi connectivity index (χ2v) is 5.49. The van der Waals surface area contributed by atoms with Crippen molar-refractivity contribution in [3.63, 3.8) is 0 Å². The molecule has 1 aromatic heterocycles. The number of aromatic nitrogens is 1. The summed E-state index contributed by atoms with van der Waals surface area (Å²) < 4.78 is 0. The Morgan fingerprint density at radius 3 is 2.74 bits per heavy atom. The van der Waals surface area contributed by atoms with Crippen molar-refractivity contribution in [1.82, 2.24) is 10.3 Å². The number of thioether (sulfide) groups is 1. The van der Waals surface area contributed by atoms with Crippen LogP contribution in [0.4, 0.5) is 0 Å². The predicted molar refractivity (Wildman–Crippen MR) is 75.7 cm³/mol. The van der Waals surface area contributed by atoms with Crippen LogP contribution >= 0.6 is 35.0 Å². The minimum absolute atomic E-state index is 0.222. The molecule has 1 amide bonds. The van der Waals surface area contributed by atoms with Crippen molar-refractivity contribution >= 4 is 46.8 Å². The average Bonchev–Trinajstić information content (AvgIpc) is 2.31. The molecule has 0 aliphatic carbocycles. The first-order valence-corrected chi connectivity index (χ1v) is 7.19. The highest BCUT2D eigenvalue weighted by molar-refractivity contribution is 7.98. The van der Waals surface area contributed by atoms with E-state index >= 15 is 0 Å². The molecule has 19 heavy (non-hydrogen) atoms. The molecule has 1 aromatic rings. The average molecular weight is 323 g/mol. The summed E-state index contributed by atoms with van der Waals surface area (Å²) in [7, 11) is 0. The first kappa shape index (κ1) is 16.1. The van der Waals surface area contributed by atoms with Gasteiger partial charge in [-0.15, -0.1) is 0 Å². The van der Waals surface area contributed by atoms with E-state index in [4.69, 9.17) is 28.3 Å². The van der Waals surface area contributed by atoms with Gasteiger partial charge in [0, 0.05) is 18.4 Å². The molecule has 5 nitrogen and oxygen atoms in total. The molecule has 104 valence electrons. The van der Waals surface area contributed by atoms with Gasteiger partial charge in [0.15, 0.2) is 0 Å². The van der Waals surface area contributed by atoms with Crippen molar-refractivity contribution in [3.05, 3.63) is 28.0 Å². The lowest BCUT2D eigenvalue weighted by Gasteiger charge is -2.12. The summed E-state index contributed by atoms with van der Waals surface area (Å²) in [4.78, 5) is 25.8. The molecule has 0 saturated carbocycles. The summed E-state index contributed by atoms with van der Waals surface area (Å²) >= 11 is 13.0. The Morgan fingerprint density at radius 2 is 2.16 bits per heavy atom. The van der Waals surface area contributed by atoms with Crippen molar-refractivity contribution in [2.75, 3.05) is 5.75 Å². The van der Waals surface area contributed by atoms with E-state index in [0.29, 0.717) is 21.6 Å². The molecule has 0 bridgehead atoms. The van der Waals surface area contributed by atoms with Crippen LogP contribution in [0.25, 0.3) is 0 Å². The number of halogens is 2. The van der Waals surface area contributed by atoms with Crippen LogP contribution in [0.2, 0.25) is 10.2 Å². The third kappa shape index (κ3) is 5.67. The van der Waals surface area contributed by atoms with E-state index < -0.39 is 12.0 Å². The molecule has 0 aliphatic heterocycles. The van der Waals surface area contributed by atoms with Gasteiger partial charge in [0.25, 0.3) is 0 Å². The van der Waals surface area contributed by atoms with Gasteiger partial charge in [-0.1, -0.05) is 23.2 Å². The van der Waals surface area contributed by atoms with Crippen molar-refractivity contribution < 1.29 is 14.7 Å². The molecule has 0 fully saturated rings. The standard InChI is InChI=1S/C11H12Cl2N2O3S/c1-6(16)14-9(11(17)18)5-19-4-8-7(12)2-3-10(13)15-8/h2-3,9H,4-5H2,1H3,(H,14,16)(H,17,18). The van der Waals surface area contributed by atoms with Gasteiger partial charge < -0.3 is 10.4 Å². The van der Waals surface area contributed by atoms with Gasteiger partial charge in [-0.25, -0.2) is 9.78 Å². The number of nitrogens with one attached hydrogen (secondary N) is 1. The zero-order chi connectivity index (χ0) is 14.4. The van der Waals surface area contributed by atoms with Crippen LogP contribution in [0.3, 0.4) is 0 Å². The van der Waals surface area contributed by atoms with E-state index in [2.05, 4.69) is 10.3 Å². The highest BCUT2D eigenvalue weighted by atomic mass is 35.5. The molecular weight excluding hydrogens is 311 g/mol. The minimum atomic E-state index is -1.08. The van der Waals surface area contributed by atoms with E-state index in [1.807, 2.05) is 0 Å². The Kier molecular flexibility index (Phi) is 6.41. The maximum absolute atomic E-state index is 10.9. The summed E-state index contributed by atoms with van der Waals surface area (Å²) in [5.41, 5.74) is 0.589. The van der Waals surface area contributed by atoms with Crippen molar-refractivity contribution in [3.8, 4) is 0 Å². The summed E-state index contributed by atoms with van der Waals surface area (Å²) in [5.74, 6) is -0.817. The Morgan fingerprint density at radius 1 is 1.47 bits per heavy atom. The zero-order valence-electron chi connectivity index (χ0n) is 10.0. The molecule has 1 rings (SSSR count). The van der Waals surface area contributed by atoms with E-state index in [-0.39, 0.29) is 11.7 Å². The monoisotopic (exact) mass is 322 g/mol. The van der Waals surface area contributed by atoms with Gasteiger partial charge in [0.05, 0.1) is 10.7 Å². The Labute approximate surface area is 124 Å². The summed E-state index contributed by atoms with van der Waals surface area (Å²) in [6.45, 7) is 1.27. The third-order valence-electron chi connectivity index (χ3n) is 2.08. The Hall–Kier alpha value is -0.980. The van der Waals surface area contributed by atoms with Crippen LogP contribution in [0.15, 0.2) is 12.1 Å². The molecule has 0 saturated heterocycles. The molecule has 1 atom stereocenters. The molecule has 0 radical (unpaired) electrons. The van der Waals surface area contributed by atoms with Crippen molar-refractivity contribution in [1.29, 1.82) is 0 Å². The second kappa shape index (κ2) is 7.57. The molecule has 2 N–H and O–H groups in total. The van der Waals surface area contributed by atoms with Crippen molar-refractivity contribution in [2.24, 2.45) is 0 Å². The molecule has 8 heteroatoms. The van der Waals surface area contributed by atoms with E-state index in [9.17, 15) is 9.59 Å². The molecular formula is C11H12Cl2N2O3S. The Bertz CT molecular complexity index is 485. The van der Waals surface area contributed by atoms with Crippen LogP contribution < -0.4 is 5.32 Å². The van der Waals surface area contributed by atoms with E-state index in [0.717, 1.165) is 0 Å². The molecule has 1 unspecified atom stereocenters. The van der Waals surface area contributed by atoms with Gasteiger partial charge in [-0.3, -0.25) is 4.79 Å². The Balaban J connectivity index is 2.54. The number of aliphatic carboxylic acids is 1. The van der Waals surface area contributed by atoms with Crippen LogP contribution in [-0.2, 0) is 15.3 Å². The predicted octanol–water partition coefficient (Wildman–Crippen LogP) is 2.21. The SMILES string of the molecule is CC(=O)NC(CSCc1nc(Cl)ccc1Cl)C(=O)O. The zero-order valence-corrected chi connectivity index (χ0v) is 12.3. The van der Waals surface area contributed by atoms with Gasteiger partial charge in [-0.05, 0) is 12.1 Å². The number of amides is 1. The van der Waals surface area contributed by atoms with Gasteiger partial charge >= 0.3 is 5.97 Å². The largest absolute Gasteiger partial charge is 0.480 e. The number of rotatable bonds is 6. The van der Waals surface area contributed by atoms with Crippen molar-refractivity contribution in [2.45, 2.75) is 18.7 Å². The summed E-state index contributed by atoms with van der Waals surface area (Å²) in [6.07, 6.45) is 0. The molecule has 1 heterocycles. The van der Waals surface area contributed by atoms with Gasteiger partial charge in [0.1, 0.15) is 11.2 Å². The van der Waals surface area contributed by atoms with E-state index in [1.54, 1.807) is 12.1 Å². The molecule has 0 aliphatic rings. The maximum Gasteiger partial charge on any atom is 0.327 e. The number of carboxylic acid groups (broad SMARTS) is 1. The summed E-state index contributed by atoms with van der Waals surface area (Å²) in [6, 6.07) is 2.28. The number of carbonyl (C=O) groups is 2. The van der Waals surface area contributed by atoms with E-state index in [1.165, 1.54) is 18.7 Å². The number of hydrogen-bond donors (Lipinski definition) is 2. The first-order chi connectivity index (χ1) is 8.90. The molecule has 0 aromatic carbocycles. The van der Waals surface area contributed by atoms with Crippen LogP contribution in [0.5, 0.6) is 0 Å². The van der Waals surface area contributed by atoms with Gasteiger partial charge in [-0.2, -0.15) is 11.8 Å². The maximum atomic E-state index is 10.9. The molecule has 0 spiro atoms. The van der Waals surface area contributed by atoms with Crippen LogP contribution in [0, 0.1) is 0 Å². The first-order valence-electron chi connectivity index (χ1n) is 5.28. The number of carboxylic acids is 1. The normalized spacial score (nSPS) is 11.9. The highest BCUT2D eigenvalue weighted by Crippen LogP contribution is 2.21. The fourth-order valence-corrected chi connectivity index (χ4v) is 2.66. The smallest absolute Gasteiger partial charge is 0.327 e. The number of nitrogens with zero attached hydrogens (tertiary/aromatic N) is 1. The quantitative estimate of drug-likeness (QED) is 0.785.